The van der Waals surface area contributed by atoms with E-state index in [1.54, 1.807) is 35.7 Å². The molecule has 2 aromatic rings. The number of halogens is 3. The van der Waals surface area contributed by atoms with Crippen LogP contribution in [0, 0.1) is 0 Å². The number of anilines is 1. The maximum Gasteiger partial charge on any atom is 0.573 e. The van der Waals surface area contributed by atoms with Crippen molar-refractivity contribution in [1.82, 2.24) is 4.98 Å². The molecule has 2 heterocycles. The Hall–Kier alpha value is -1.61. The first kappa shape index (κ1) is 17.2. The van der Waals surface area contributed by atoms with Crippen LogP contribution in [0.3, 0.4) is 0 Å². The molecule has 1 amide bonds. The Labute approximate surface area is 144 Å². The predicted molar refractivity (Wildman–Crippen MR) is 90.6 cm³/mol. The molecule has 0 radical (unpaired) electrons. The average Bonchev–Trinajstić information content (AvgIpc) is 2.54. The Balaban J connectivity index is 1.74. The molecule has 24 heavy (non-hydrogen) atoms. The third-order valence-corrected chi connectivity index (χ3v) is 6.01. The van der Waals surface area contributed by atoms with Crippen LogP contribution in [0.5, 0.6) is 5.75 Å². The van der Waals surface area contributed by atoms with Crippen LogP contribution >= 0.6 is 23.5 Å². The van der Waals surface area contributed by atoms with E-state index >= 15 is 0 Å². The SMILES string of the molecule is O=C(Nc1ccc2cc(OC(F)(F)F)ccc2n1)C1CSCCS1. The largest absolute Gasteiger partial charge is 0.573 e. The number of pyridine rings is 1. The van der Waals surface area contributed by atoms with Crippen molar-refractivity contribution in [1.29, 1.82) is 0 Å². The van der Waals surface area contributed by atoms with Crippen LogP contribution in [0.25, 0.3) is 10.9 Å². The molecule has 0 bridgehead atoms. The number of hydrogen-bond acceptors (Lipinski definition) is 5. The number of amides is 1. The molecule has 9 heteroatoms. The van der Waals surface area contributed by atoms with E-state index in [2.05, 4.69) is 15.0 Å². The van der Waals surface area contributed by atoms with E-state index in [-0.39, 0.29) is 16.9 Å². The Morgan fingerprint density at radius 1 is 1.25 bits per heavy atom. The smallest absolute Gasteiger partial charge is 0.406 e. The Morgan fingerprint density at radius 2 is 2.08 bits per heavy atom. The van der Waals surface area contributed by atoms with Crippen LogP contribution in [0.15, 0.2) is 30.3 Å². The van der Waals surface area contributed by atoms with Gasteiger partial charge < -0.3 is 10.1 Å². The molecule has 4 nitrogen and oxygen atoms in total. The fourth-order valence-corrected chi connectivity index (χ4v) is 4.77. The summed E-state index contributed by atoms with van der Waals surface area (Å²) in [5.41, 5.74) is 0.480. The van der Waals surface area contributed by atoms with Crippen molar-refractivity contribution in [2.75, 3.05) is 22.6 Å². The number of benzene rings is 1. The summed E-state index contributed by atoms with van der Waals surface area (Å²) in [4.78, 5) is 16.4. The molecule has 1 aliphatic heterocycles. The van der Waals surface area contributed by atoms with Crippen LogP contribution in [-0.2, 0) is 4.79 Å². The summed E-state index contributed by atoms with van der Waals surface area (Å²) >= 11 is 3.36. The Bertz CT molecular complexity index is 749. The van der Waals surface area contributed by atoms with Crippen LogP contribution in [0.4, 0.5) is 19.0 Å². The number of carbonyl (C=O) groups is 1. The number of carbonyl (C=O) groups excluding carboxylic acids is 1. The normalized spacial score (nSPS) is 18.4. The van der Waals surface area contributed by atoms with Crippen LogP contribution in [0.1, 0.15) is 0 Å². The van der Waals surface area contributed by atoms with E-state index in [9.17, 15) is 18.0 Å². The van der Waals surface area contributed by atoms with Crippen molar-refractivity contribution in [2.45, 2.75) is 11.6 Å². The molecule has 0 spiro atoms. The summed E-state index contributed by atoms with van der Waals surface area (Å²) in [6.07, 6.45) is -4.73. The van der Waals surface area contributed by atoms with E-state index in [1.165, 1.54) is 18.2 Å². The van der Waals surface area contributed by atoms with Gasteiger partial charge in [-0.3, -0.25) is 4.79 Å². The van der Waals surface area contributed by atoms with Crippen LogP contribution in [-0.4, -0.2) is 39.8 Å². The lowest BCUT2D eigenvalue weighted by Crippen LogP contribution is -2.30. The third kappa shape index (κ3) is 4.47. The molecule has 1 atom stereocenters. The second kappa shape index (κ2) is 7.10. The van der Waals surface area contributed by atoms with Gasteiger partial charge >= 0.3 is 6.36 Å². The van der Waals surface area contributed by atoms with Gasteiger partial charge in [0.25, 0.3) is 0 Å². The number of thioether (sulfide) groups is 2. The van der Waals surface area contributed by atoms with Gasteiger partial charge in [0.05, 0.1) is 10.8 Å². The molecule has 0 aliphatic carbocycles. The minimum Gasteiger partial charge on any atom is -0.406 e. The average molecular weight is 374 g/mol. The number of alkyl halides is 3. The van der Waals surface area contributed by atoms with Gasteiger partial charge in [0, 0.05) is 22.6 Å². The molecule has 3 rings (SSSR count). The molecule has 0 saturated carbocycles. The lowest BCUT2D eigenvalue weighted by molar-refractivity contribution is -0.274. The molecular formula is C15H13F3N2O2S2. The molecule has 1 saturated heterocycles. The van der Waals surface area contributed by atoms with Crippen molar-refractivity contribution in [3.8, 4) is 5.75 Å². The zero-order valence-electron chi connectivity index (χ0n) is 12.3. The predicted octanol–water partition coefficient (Wildman–Crippen LogP) is 3.92. The molecule has 1 aliphatic rings. The molecule has 128 valence electrons. The second-order valence-electron chi connectivity index (χ2n) is 5.02. The van der Waals surface area contributed by atoms with Gasteiger partial charge in [0.2, 0.25) is 5.91 Å². The van der Waals surface area contributed by atoms with E-state index in [1.807, 2.05) is 0 Å². The summed E-state index contributed by atoms with van der Waals surface area (Å²) in [6, 6.07) is 7.05. The molecule has 1 unspecified atom stereocenters. The van der Waals surface area contributed by atoms with Crippen molar-refractivity contribution in [2.24, 2.45) is 0 Å². The number of aromatic nitrogens is 1. The summed E-state index contributed by atoms with van der Waals surface area (Å²) in [6.45, 7) is 0. The fourth-order valence-electron chi connectivity index (χ4n) is 2.22. The lowest BCUT2D eigenvalue weighted by atomic mass is 10.2. The maximum absolute atomic E-state index is 12.2. The zero-order chi connectivity index (χ0) is 17.2. The third-order valence-electron chi connectivity index (χ3n) is 3.25. The second-order valence-corrected chi connectivity index (χ2v) is 7.48. The van der Waals surface area contributed by atoms with Gasteiger partial charge in [-0.15, -0.1) is 24.9 Å². The first-order valence-corrected chi connectivity index (χ1v) is 9.28. The molecule has 1 fully saturated rings. The van der Waals surface area contributed by atoms with Crippen LogP contribution < -0.4 is 10.1 Å². The van der Waals surface area contributed by atoms with E-state index in [0.29, 0.717) is 16.7 Å². The number of ether oxygens (including phenoxy) is 1. The van der Waals surface area contributed by atoms with E-state index in [0.717, 1.165) is 17.3 Å². The number of fused-ring (bicyclic) bond motifs is 1. The monoisotopic (exact) mass is 374 g/mol. The van der Waals surface area contributed by atoms with Crippen molar-refractivity contribution >= 4 is 46.2 Å². The standard InChI is InChI=1S/C15H13F3N2O2S2/c16-15(17,18)22-10-2-3-11-9(7-10)1-4-13(19-11)20-14(21)12-8-23-5-6-24-12/h1-4,7,12H,5-6,8H2,(H,19,20,21). The molecule has 1 N–H and O–H groups in total. The highest BCUT2D eigenvalue weighted by Crippen LogP contribution is 2.27. The van der Waals surface area contributed by atoms with E-state index < -0.39 is 6.36 Å². The topological polar surface area (TPSA) is 51.2 Å². The molecular weight excluding hydrogens is 361 g/mol. The summed E-state index contributed by atoms with van der Waals surface area (Å²) < 4.78 is 40.6. The Kier molecular flexibility index (Phi) is 5.09. The summed E-state index contributed by atoms with van der Waals surface area (Å²) in [5.74, 6) is 2.73. The lowest BCUT2D eigenvalue weighted by Gasteiger charge is -2.19. The highest BCUT2D eigenvalue weighted by Gasteiger charge is 2.31. The van der Waals surface area contributed by atoms with Gasteiger partial charge in [-0.2, -0.15) is 11.8 Å². The highest BCUT2D eigenvalue weighted by atomic mass is 32.2. The fraction of sp³-hybridized carbons (Fsp3) is 0.333. The van der Waals surface area contributed by atoms with Gasteiger partial charge in [0.1, 0.15) is 11.6 Å². The van der Waals surface area contributed by atoms with E-state index in [4.69, 9.17) is 0 Å². The van der Waals surface area contributed by atoms with Crippen LogP contribution in [0.2, 0.25) is 0 Å². The van der Waals surface area contributed by atoms with Crippen molar-refractivity contribution in [3.05, 3.63) is 30.3 Å². The van der Waals surface area contributed by atoms with Gasteiger partial charge in [-0.25, -0.2) is 4.98 Å². The van der Waals surface area contributed by atoms with Gasteiger partial charge in [-0.05, 0) is 30.3 Å². The van der Waals surface area contributed by atoms with Crippen molar-refractivity contribution in [3.63, 3.8) is 0 Å². The molecule has 1 aromatic carbocycles. The zero-order valence-corrected chi connectivity index (χ0v) is 13.9. The first-order chi connectivity index (χ1) is 11.4. The maximum atomic E-state index is 12.2. The van der Waals surface area contributed by atoms with Crippen molar-refractivity contribution < 1.29 is 22.7 Å². The van der Waals surface area contributed by atoms with Gasteiger partial charge in [-0.1, -0.05) is 0 Å². The Morgan fingerprint density at radius 3 is 2.79 bits per heavy atom. The minimum absolute atomic E-state index is 0.101. The minimum atomic E-state index is -4.73. The summed E-state index contributed by atoms with van der Waals surface area (Å²) in [5, 5.41) is 3.15. The quantitative estimate of drug-likeness (QED) is 0.883. The number of rotatable bonds is 3. The number of nitrogens with one attached hydrogen (secondary N) is 1. The van der Waals surface area contributed by atoms with Gasteiger partial charge in [0.15, 0.2) is 0 Å². The number of nitrogens with zero attached hydrogens (tertiary/aromatic N) is 1. The number of hydrogen-bond donors (Lipinski definition) is 1. The first-order valence-electron chi connectivity index (χ1n) is 7.07. The molecule has 1 aromatic heterocycles. The highest BCUT2D eigenvalue weighted by molar-refractivity contribution is 8.07. The summed E-state index contributed by atoms with van der Waals surface area (Å²) in [7, 11) is 0.